The van der Waals surface area contributed by atoms with Crippen molar-refractivity contribution in [2.45, 2.75) is 50.1 Å². The number of carbonyl (C=O) groups excluding carboxylic acids is 2. The zero-order chi connectivity index (χ0) is 24.1. The molecule has 1 fully saturated rings. The van der Waals surface area contributed by atoms with Gasteiger partial charge < -0.3 is 20.5 Å². The number of carboxylic acid groups (broad SMARTS) is 1. The second-order valence-corrected chi connectivity index (χ2v) is 8.95. The van der Waals surface area contributed by atoms with Crippen molar-refractivity contribution in [3.8, 4) is 11.1 Å². The highest BCUT2D eigenvalue weighted by Gasteiger charge is 2.33. The average molecular weight is 463 g/mol. The van der Waals surface area contributed by atoms with Crippen molar-refractivity contribution in [1.82, 2.24) is 10.6 Å². The summed E-state index contributed by atoms with van der Waals surface area (Å²) in [6.07, 6.45) is 3.53. The van der Waals surface area contributed by atoms with Crippen LogP contribution >= 0.6 is 0 Å². The summed E-state index contributed by atoms with van der Waals surface area (Å²) in [5.41, 5.74) is 4.51. The molecule has 0 heterocycles. The summed E-state index contributed by atoms with van der Waals surface area (Å²) in [6.45, 7) is 3.84. The Bertz CT molecular complexity index is 1040. The first-order valence-corrected chi connectivity index (χ1v) is 11.7. The molecule has 2 aliphatic rings. The van der Waals surface area contributed by atoms with Gasteiger partial charge in [0.05, 0.1) is 6.42 Å². The van der Waals surface area contributed by atoms with Gasteiger partial charge in [-0.3, -0.25) is 9.59 Å². The number of alkyl carbamates (subject to hydrolysis) is 1. The number of aliphatic carboxylic acids is 1. The van der Waals surface area contributed by atoms with E-state index in [-0.39, 0.29) is 43.2 Å². The van der Waals surface area contributed by atoms with Crippen LogP contribution in [-0.4, -0.2) is 41.8 Å². The van der Waals surface area contributed by atoms with Crippen LogP contribution in [0.15, 0.2) is 61.2 Å². The van der Waals surface area contributed by atoms with E-state index < -0.39 is 18.1 Å². The van der Waals surface area contributed by atoms with Crippen LogP contribution in [0.4, 0.5) is 4.79 Å². The smallest absolute Gasteiger partial charge is 0.407 e. The van der Waals surface area contributed by atoms with E-state index in [2.05, 4.69) is 29.3 Å². The van der Waals surface area contributed by atoms with E-state index >= 15 is 0 Å². The van der Waals surface area contributed by atoms with Crippen LogP contribution in [0.25, 0.3) is 11.1 Å². The number of hydrogen-bond acceptors (Lipinski definition) is 4. The number of nitrogens with one attached hydrogen (secondary N) is 2. The highest BCUT2D eigenvalue weighted by atomic mass is 16.5. The molecular weight excluding hydrogens is 432 g/mol. The van der Waals surface area contributed by atoms with Crippen LogP contribution in [0, 0.1) is 5.92 Å². The Morgan fingerprint density at radius 3 is 2.32 bits per heavy atom. The van der Waals surface area contributed by atoms with Crippen molar-refractivity contribution in [1.29, 1.82) is 0 Å². The van der Waals surface area contributed by atoms with Crippen molar-refractivity contribution in [2.75, 3.05) is 6.61 Å². The molecule has 0 aliphatic heterocycles. The predicted octanol–water partition coefficient (Wildman–Crippen LogP) is 4.23. The molecule has 3 atom stereocenters. The lowest BCUT2D eigenvalue weighted by molar-refractivity contribution is -0.138. The highest BCUT2D eigenvalue weighted by molar-refractivity contribution is 5.86. The fourth-order valence-corrected chi connectivity index (χ4v) is 5.16. The molecule has 3 N–H and O–H groups in total. The molecule has 3 unspecified atom stereocenters. The predicted molar refractivity (Wildman–Crippen MR) is 128 cm³/mol. The fraction of sp³-hybridized carbons (Fsp3) is 0.370. The summed E-state index contributed by atoms with van der Waals surface area (Å²) in [5.74, 6) is -1.39. The molecule has 0 radical (unpaired) electrons. The van der Waals surface area contributed by atoms with Crippen LogP contribution < -0.4 is 10.6 Å². The van der Waals surface area contributed by atoms with Crippen molar-refractivity contribution in [3.63, 3.8) is 0 Å². The van der Waals surface area contributed by atoms with Gasteiger partial charge in [0, 0.05) is 12.0 Å². The average Bonchev–Trinajstić information content (AvgIpc) is 3.38. The Labute approximate surface area is 199 Å². The number of amides is 2. The zero-order valence-electron chi connectivity index (χ0n) is 19.0. The fourth-order valence-electron chi connectivity index (χ4n) is 5.16. The van der Waals surface area contributed by atoms with Gasteiger partial charge in [0.1, 0.15) is 12.6 Å². The number of rotatable bonds is 9. The van der Waals surface area contributed by atoms with Gasteiger partial charge in [-0.2, -0.15) is 0 Å². The van der Waals surface area contributed by atoms with Crippen molar-refractivity contribution in [3.05, 3.63) is 72.3 Å². The molecule has 7 heteroatoms. The van der Waals surface area contributed by atoms with Crippen LogP contribution in [0.3, 0.4) is 0 Å². The molecule has 0 spiro atoms. The van der Waals surface area contributed by atoms with E-state index in [1.54, 1.807) is 6.08 Å². The Kier molecular flexibility index (Phi) is 7.30. The molecule has 0 aromatic heterocycles. The summed E-state index contributed by atoms with van der Waals surface area (Å²) in [6, 6.07) is 15.1. The SMILES string of the molecule is C=CCC(NC(=O)OCC1c2ccccc2-c2ccccc21)C(=O)NC1CCCC1CC(=O)O. The van der Waals surface area contributed by atoms with Crippen LogP contribution in [0.1, 0.15) is 49.1 Å². The Balaban J connectivity index is 1.37. The Hall–Kier alpha value is -3.61. The number of hydrogen-bond donors (Lipinski definition) is 3. The number of carboxylic acids is 1. The molecular formula is C27H30N2O5. The molecule has 7 nitrogen and oxygen atoms in total. The lowest BCUT2D eigenvalue weighted by Crippen LogP contribution is -2.50. The van der Waals surface area contributed by atoms with Crippen LogP contribution in [0.2, 0.25) is 0 Å². The maximum atomic E-state index is 12.9. The third-order valence-corrected chi connectivity index (χ3v) is 6.78. The summed E-state index contributed by atoms with van der Waals surface area (Å²) in [5, 5.41) is 14.7. The minimum absolute atomic E-state index is 0.0247. The van der Waals surface area contributed by atoms with Gasteiger partial charge >= 0.3 is 12.1 Å². The molecule has 178 valence electrons. The van der Waals surface area contributed by atoms with Gasteiger partial charge in [0.15, 0.2) is 0 Å². The first kappa shape index (κ1) is 23.5. The normalized spacial score (nSPS) is 19.5. The Morgan fingerprint density at radius 1 is 1.06 bits per heavy atom. The van der Waals surface area contributed by atoms with E-state index in [0.29, 0.717) is 0 Å². The molecule has 4 rings (SSSR count). The van der Waals surface area contributed by atoms with Crippen LogP contribution in [0.5, 0.6) is 0 Å². The van der Waals surface area contributed by atoms with E-state index in [1.807, 2.05) is 36.4 Å². The highest BCUT2D eigenvalue weighted by Crippen LogP contribution is 2.44. The monoisotopic (exact) mass is 462 g/mol. The number of benzene rings is 2. The van der Waals surface area contributed by atoms with Gasteiger partial charge in [-0.25, -0.2) is 4.79 Å². The number of ether oxygens (including phenoxy) is 1. The second-order valence-electron chi connectivity index (χ2n) is 8.95. The summed E-state index contributed by atoms with van der Waals surface area (Å²) in [4.78, 5) is 36.6. The Morgan fingerprint density at radius 2 is 1.71 bits per heavy atom. The van der Waals surface area contributed by atoms with E-state index in [9.17, 15) is 14.4 Å². The van der Waals surface area contributed by atoms with E-state index in [1.165, 1.54) is 0 Å². The molecule has 2 aromatic rings. The first-order chi connectivity index (χ1) is 16.5. The quantitative estimate of drug-likeness (QED) is 0.484. The molecule has 0 bridgehead atoms. The molecule has 2 aromatic carbocycles. The maximum Gasteiger partial charge on any atom is 0.407 e. The van der Waals surface area contributed by atoms with Gasteiger partial charge in [-0.15, -0.1) is 6.58 Å². The minimum atomic E-state index is -0.870. The van der Waals surface area contributed by atoms with Gasteiger partial charge in [0.2, 0.25) is 5.91 Å². The molecule has 2 amide bonds. The second kappa shape index (κ2) is 10.5. The third kappa shape index (κ3) is 5.14. The molecule has 0 saturated heterocycles. The third-order valence-electron chi connectivity index (χ3n) is 6.78. The first-order valence-electron chi connectivity index (χ1n) is 11.7. The molecule has 2 aliphatic carbocycles. The van der Waals surface area contributed by atoms with Crippen LogP contribution in [-0.2, 0) is 14.3 Å². The summed E-state index contributed by atoms with van der Waals surface area (Å²) < 4.78 is 5.57. The summed E-state index contributed by atoms with van der Waals surface area (Å²) >= 11 is 0. The van der Waals surface area contributed by atoms with Gasteiger partial charge in [0.25, 0.3) is 0 Å². The topological polar surface area (TPSA) is 105 Å². The van der Waals surface area contributed by atoms with Crippen molar-refractivity contribution >= 4 is 18.0 Å². The standard InChI is InChI=1S/C27H30N2O5/c1-2-8-24(26(32)28-23-14-7-9-17(23)15-25(30)31)29-27(33)34-16-22-20-12-5-3-10-18(20)19-11-4-6-13-21(19)22/h2-6,10-13,17,22-24H,1,7-9,14-16H2,(H,28,32)(H,29,33)(H,30,31). The molecule has 34 heavy (non-hydrogen) atoms. The van der Waals surface area contributed by atoms with E-state index in [4.69, 9.17) is 9.84 Å². The lowest BCUT2D eigenvalue weighted by atomic mass is 9.98. The number of fused-ring (bicyclic) bond motifs is 3. The zero-order valence-corrected chi connectivity index (χ0v) is 19.0. The van der Waals surface area contributed by atoms with Crippen molar-refractivity contribution in [2.24, 2.45) is 5.92 Å². The minimum Gasteiger partial charge on any atom is -0.481 e. The van der Waals surface area contributed by atoms with E-state index in [0.717, 1.165) is 41.5 Å². The van der Waals surface area contributed by atoms with Crippen molar-refractivity contribution < 1.29 is 24.2 Å². The number of carbonyl (C=O) groups is 3. The maximum absolute atomic E-state index is 12.9. The molecule has 1 saturated carbocycles. The summed E-state index contributed by atoms with van der Waals surface area (Å²) in [7, 11) is 0. The van der Waals surface area contributed by atoms with Gasteiger partial charge in [-0.1, -0.05) is 61.0 Å². The lowest BCUT2D eigenvalue weighted by Gasteiger charge is -2.24. The van der Waals surface area contributed by atoms with Gasteiger partial charge in [-0.05, 0) is 47.4 Å². The largest absolute Gasteiger partial charge is 0.481 e.